The van der Waals surface area contributed by atoms with Crippen LogP contribution in [0.2, 0.25) is 10.2 Å². The van der Waals surface area contributed by atoms with Crippen LogP contribution >= 0.6 is 23.2 Å². The third kappa shape index (κ3) is 3.46. The number of nitrogens with zero attached hydrogens (tertiary/aromatic N) is 2. The van der Waals surface area contributed by atoms with Crippen LogP contribution in [0.15, 0.2) is 41.5 Å². The molecule has 0 saturated heterocycles. The van der Waals surface area contributed by atoms with Crippen LogP contribution in [0.1, 0.15) is 16.1 Å². The minimum Gasteiger partial charge on any atom is -0.507 e. The number of pyridine rings is 1. The van der Waals surface area contributed by atoms with Crippen molar-refractivity contribution in [3.05, 3.63) is 57.8 Å². The Labute approximate surface area is 124 Å². The Hall–Kier alpha value is -2.11. The topological polar surface area (TPSA) is 74.6 Å². The highest BCUT2D eigenvalue weighted by Crippen LogP contribution is 2.16. The summed E-state index contributed by atoms with van der Waals surface area (Å²) in [5.41, 5.74) is 2.71. The van der Waals surface area contributed by atoms with Crippen molar-refractivity contribution in [3.63, 3.8) is 0 Å². The Morgan fingerprint density at radius 1 is 1.25 bits per heavy atom. The number of aromatic hydroxyl groups is 1. The molecule has 20 heavy (non-hydrogen) atoms. The maximum Gasteiger partial charge on any atom is 0.291 e. The molecule has 2 aromatic rings. The van der Waals surface area contributed by atoms with Crippen LogP contribution in [-0.2, 0) is 0 Å². The van der Waals surface area contributed by atoms with E-state index in [1.165, 1.54) is 24.4 Å². The van der Waals surface area contributed by atoms with Gasteiger partial charge in [-0.15, -0.1) is 0 Å². The summed E-state index contributed by atoms with van der Waals surface area (Å²) in [5, 5.41) is 13.6. The molecule has 2 N–H and O–H groups in total. The Bertz CT molecular complexity index is 674. The normalized spacial score (nSPS) is 10.7. The number of nitrogens with one attached hydrogen (secondary N) is 1. The second-order valence-corrected chi connectivity index (χ2v) is 4.52. The maximum atomic E-state index is 11.8. The summed E-state index contributed by atoms with van der Waals surface area (Å²) in [7, 11) is 0. The molecule has 5 nitrogen and oxygen atoms in total. The zero-order chi connectivity index (χ0) is 14.5. The third-order valence-electron chi connectivity index (χ3n) is 2.33. The van der Waals surface area contributed by atoms with Crippen molar-refractivity contribution in [2.75, 3.05) is 0 Å². The standard InChI is InChI=1S/C13H9Cl2N3O2/c14-9-5-6-11(15)17-12(9)13(20)18-16-7-8-3-1-2-4-10(8)19/h1-7,19H,(H,18,20)/b16-7+. The summed E-state index contributed by atoms with van der Waals surface area (Å²) in [6.07, 6.45) is 1.31. The van der Waals surface area contributed by atoms with Gasteiger partial charge in [0.2, 0.25) is 0 Å². The number of hydrogen-bond donors (Lipinski definition) is 2. The van der Waals surface area contributed by atoms with Gasteiger partial charge in [-0.3, -0.25) is 4.79 Å². The van der Waals surface area contributed by atoms with Crippen LogP contribution in [0.3, 0.4) is 0 Å². The number of hydrogen-bond acceptors (Lipinski definition) is 4. The van der Waals surface area contributed by atoms with Crippen molar-refractivity contribution < 1.29 is 9.90 Å². The van der Waals surface area contributed by atoms with E-state index in [1.807, 2.05) is 0 Å². The lowest BCUT2D eigenvalue weighted by molar-refractivity contribution is 0.0950. The van der Waals surface area contributed by atoms with Gasteiger partial charge in [0.1, 0.15) is 16.6 Å². The van der Waals surface area contributed by atoms with Crippen molar-refractivity contribution in [2.45, 2.75) is 0 Å². The number of para-hydroxylation sites is 1. The molecule has 1 aromatic carbocycles. The Morgan fingerprint density at radius 3 is 2.75 bits per heavy atom. The van der Waals surface area contributed by atoms with Crippen molar-refractivity contribution in [1.29, 1.82) is 0 Å². The van der Waals surface area contributed by atoms with Gasteiger partial charge in [0.25, 0.3) is 5.91 Å². The Kier molecular flexibility index (Phi) is 4.55. The van der Waals surface area contributed by atoms with Gasteiger partial charge >= 0.3 is 0 Å². The minimum absolute atomic E-state index is 0.0198. The summed E-state index contributed by atoms with van der Waals surface area (Å²) in [6.45, 7) is 0. The van der Waals surface area contributed by atoms with Gasteiger partial charge < -0.3 is 5.11 Å². The van der Waals surface area contributed by atoms with Crippen LogP contribution < -0.4 is 5.43 Å². The van der Waals surface area contributed by atoms with Crippen LogP contribution in [0.25, 0.3) is 0 Å². The molecule has 0 atom stereocenters. The number of carbonyl (C=O) groups excluding carboxylic acids is 1. The van der Waals surface area contributed by atoms with Gasteiger partial charge in [0, 0.05) is 5.56 Å². The van der Waals surface area contributed by atoms with Crippen molar-refractivity contribution >= 4 is 35.3 Å². The van der Waals surface area contributed by atoms with E-state index in [0.717, 1.165) is 0 Å². The van der Waals surface area contributed by atoms with Gasteiger partial charge in [-0.25, -0.2) is 10.4 Å². The number of halogens is 2. The number of phenols is 1. The average molecular weight is 310 g/mol. The molecule has 1 amide bonds. The van der Waals surface area contributed by atoms with Gasteiger partial charge in [-0.2, -0.15) is 5.10 Å². The smallest absolute Gasteiger partial charge is 0.291 e. The highest BCUT2D eigenvalue weighted by atomic mass is 35.5. The lowest BCUT2D eigenvalue weighted by Gasteiger charge is -2.02. The predicted molar refractivity (Wildman–Crippen MR) is 77.4 cm³/mol. The molecule has 0 spiro atoms. The Balaban J connectivity index is 2.09. The average Bonchev–Trinajstić information content (AvgIpc) is 2.43. The fraction of sp³-hybridized carbons (Fsp3) is 0. The molecule has 1 aromatic heterocycles. The molecule has 102 valence electrons. The molecule has 0 radical (unpaired) electrons. The molecule has 1 heterocycles. The molecule has 0 bridgehead atoms. The first-order valence-corrected chi connectivity index (χ1v) is 6.27. The SMILES string of the molecule is O=C(N/N=C/c1ccccc1O)c1nc(Cl)ccc1Cl. The summed E-state index contributed by atoms with van der Waals surface area (Å²) >= 11 is 11.5. The highest BCUT2D eigenvalue weighted by molar-refractivity contribution is 6.34. The van der Waals surface area contributed by atoms with E-state index in [1.54, 1.807) is 18.2 Å². The second-order valence-electron chi connectivity index (χ2n) is 3.72. The first-order valence-electron chi connectivity index (χ1n) is 5.51. The number of carbonyl (C=O) groups is 1. The van der Waals surface area contributed by atoms with Crippen LogP contribution in [0.5, 0.6) is 5.75 Å². The van der Waals surface area contributed by atoms with Crippen LogP contribution in [-0.4, -0.2) is 22.2 Å². The number of amides is 1. The number of hydrazone groups is 1. The summed E-state index contributed by atoms with van der Waals surface area (Å²) in [6, 6.07) is 9.53. The zero-order valence-electron chi connectivity index (χ0n) is 10.0. The molecule has 7 heteroatoms. The van der Waals surface area contributed by atoms with E-state index >= 15 is 0 Å². The molecule has 0 aliphatic carbocycles. The number of rotatable bonds is 3. The maximum absolute atomic E-state index is 11.8. The number of aromatic nitrogens is 1. The first-order chi connectivity index (χ1) is 9.58. The van der Waals surface area contributed by atoms with Gasteiger partial charge in [-0.05, 0) is 24.3 Å². The van der Waals surface area contributed by atoms with Gasteiger partial charge in [-0.1, -0.05) is 35.3 Å². The summed E-state index contributed by atoms with van der Waals surface area (Å²) in [5.74, 6) is -0.534. The van der Waals surface area contributed by atoms with Crippen LogP contribution in [0, 0.1) is 0 Å². The van der Waals surface area contributed by atoms with Crippen molar-refractivity contribution in [1.82, 2.24) is 10.4 Å². The molecule has 0 unspecified atom stereocenters. The number of phenolic OH excluding ortho intramolecular Hbond substituents is 1. The monoisotopic (exact) mass is 309 g/mol. The zero-order valence-corrected chi connectivity index (χ0v) is 11.6. The molecular weight excluding hydrogens is 301 g/mol. The lowest BCUT2D eigenvalue weighted by Crippen LogP contribution is -2.19. The molecule has 2 rings (SSSR count). The predicted octanol–water partition coefficient (Wildman–Crippen LogP) is 2.86. The van der Waals surface area contributed by atoms with E-state index in [2.05, 4.69) is 15.5 Å². The second kappa shape index (κ2) is 6.36. The van der Waals surface area contributed by atoms with E-state index in [-0.39, 0.29) is 21.6 Å². The molecule has 0 aliphatic heterocycles. The first kappa shape index (κ1) is 14.3. The summed E-state index contributed by atoms with van der Waals surface area (Å²) < 4.78 is 0. The quantitative estimate of drug-likeness (QED) is 0.520. The molecular formula is C13H9Cl2N3O2. The van der Waals surface area contributed by atoms with Gasteiger partial charge in [0.05, 0.1) is 11.2 Å². The third-order valence-corrected chi connectivity index (χ3v) is 2.85. The van der Waals surface area contributed by atoms with Crippen molar-refractivity contribution in [2.24, 2.45) is 5.10 Å². The van der Waals surface area contributed by atoms with E-state index in [9.17, 15) is 9.90 Å². The van der Waals surface area contributed by atoms with Crippen molar-refractivity contribution in [3.8, 4) is 5.75 Å². The van der Waals surface area contributed by atoms with Crippen LogP contribution in [0.4, 0.5) is 0 Å². The minimum atomic E-state index is -0.593. The molecule has 0 saturated carbocycles. The van der Waals surface area contributed by atoms with Gasteiger partial charge in [0.15, 0.2) is 0 Å². The largest absolute Gasteiger partial charge is 0.507 e. The highest BCUT2D eigenvalue weighted by Gasteiger charge is 2.11. The van der Waals surface area contributed by atoms with E-state index in [0.29, 0.717) is 5.56 Å². The van der Waals surface area contributed by atoms with E-state index in [4.69, 9.17) is 23.2 Å². The fourth-order valence-corrected chi connectivity index (χ4v) is 1.73. The molecule has 0 fully saturated rings. The van der Waals surface area contributed by atoms with E-state index < -0.39 is 5.91 Å². The number of benzene rings is 1. The fourth-order valence-electron chi connectivity index (χ4n) is 1.39. The summed E-state index contributed by atoms with van der Waals surface area (Å²) in [4.78, 5) is 15.6. The Morgan fingerprint density at radius 2 is 2.00 bits per heavy atom. The lowest BCUT2D eigenvalue weighted by atomic mass is 10.2. The molecule has 0 aliphatic rings.